The van der Waals surface area contributed by atoms with Gasteiger partial charge in [0.15, 0.2) is 0 Å². The van der Waals surface area contributed by atoms with Gasteiger partial charge in [-0.15, -0.1) is 0 Å². The van der Waals surface area contributed by atoms with E-state index in [1.807, 2.05) is 13.8 Å². The predicted molar refractivity (Wildman–Crippen MR) is 142 cm³/mol. The van der Waals surface area contributed by atoms with E-state index in [0.717, 1.165) is 37.4 Å². The Morgan fingerprint density at radius 3 is 2.63 bits per heavy atom. The first kappa shape index (κ1) is 29.6. The molecule has 3 rings (SSSR count). The predicted octanol–water partition coefficient (Wildman–Crippen LogP) is 2.69. The molecule has 0 aliphatic carbocycles. The first-order chi connectivity index (χ1) is 18.2. The van der Waals surface area contributed by atoms with Crippen molar-refractivity contribution < 1.29 is 29.0 Å². The lowest BCUT2D eigenvalue weighted by molar-refractivity contribution is -0.142. The van der Waals surface area contributed by atoms with Gasteiger partial charge in [-0.25, -0.2) is 10.4 Å². The molecule has 10 heteroatoms. The fourth-order valence-corrected chi connectivity index (χ4v) is 4.88. The number of nitrogens with one attached hydrogen (secondary N) is 2. The number of nitrogens with zero attached hydrogens (tertiary/aromatic N) is 2. The Labute approximate surface area is 225 Å². The lowest BCUT2D eigenvalue weighted by atomic mass is 9.92. The Balaban J connectivity index is 1.67. The largest absolute Gasteiger partial charge is 0.493 e. The molecule has 0 aromatic heterocycles. The number of piperidine rings is 2. The number of imide groups is 1. The maximum Gasteiger partial charge on any atom is 0.304 e. The van der Waals surface area contributed by atoms with Gasteiger partial charge in [-0.2, -0.15) is 0 Å². The molecular formula is C28H42N4O6. The van der Waals surface area contributed by atoms with Crippen molar-refractivity contribution in [1.29, 1.82) is 0 Å². The van der Waals surface area contributed by atoms with Crippen LogP contribution >= 0.6 is 0 Å². The number of hydrazine groups is 1. The molecule has 38 heavy (non-hydrogen) atoms. The van der Waals surface area contributed by atoms with Gasteiger partial charge in [-0.05, 0) is 75.2 Å². The van der Waals surface area contributed by atoms with Crippen molar-refractivity contribution in [2.75, 3.05) is 39.3 Å². The highest BCUT2D eigenvalue weighted by Gasteiger charge is 2.34. The minimum Gasteiger partial charge on any atom is -0.493 e. The Bertz CT molecular complexity index is 962. The maximum absolute atomic E-state index is 13.6. The Morgan fingerprint density at radius 1 is 1.16 bits per heavy atom. The van der Waals surface area contributed by atoms with E-state index in [9.17, 15) is 19.2 Å². The van der Waals surface area contributed by atoms with Crippen molar-refractivity contribution in [3.05, 3.63) is 29.8 Å². The summed E-state index contributed by atoms with van der Waals surface area (Å²) >= 11 is 0. The topological polar surface area (TPSA) is 128 Å². The zero-order chi connectivity index (χ0) is 27.5. The van der Waals surface area contributed by atoms with Crippen LogP contribution < -0.4 is 15.5 Å². The van der Waals surface area contributed by atoms with Gasteiger partial charge in [-0.3, -0.25) is 19.2 Å². The van der Waals surface area contributed by atoms with E-state index in [-0.39, 0.29) is 31.0 Å². The zero-order valence-electron chi connectivity index (χ0n) is 22.6. The molecule has 2 heterocycles. The summed E-state index contributed by atoms with van der Waals surface area (Å²) < 4.78 is 5.73. The van der Waals surface area contributed by atoms with Crippen LogP contribution in [-0.4, -0.2) is 78.0 Å². The maximum atomic E-state index is 13.6. The molecule has 1 atom stereocenters. The Kier molecular flexibility index (Phi) is 11.5. The summed E-state index contributed by atoms with van der Waals surface area (Å²) in [5, 5.41) is 13.3. The molecule has 0 radical (unpaired) electrons. The number of carboxylic acid groups (broad SMARTS) is 1. The fraction of sp³-hybridized carbons (Fsp3) is 0.643. The third-order valence-electron chi connectivity index (χ3n) is 7.05. The monoisotopic (exact) mass is 530 g/mol. The van der Waals surface area contributed by atoms with Gasteiger partial charge in [0.25, 0.3) is 5.91 Å². The standard InChI is InChI=1S/C28H42N4O6/c1-20(2)19-38-24-7-3-5-22(17-24)27(36)32(30-15-12-26(34)35)28(37)23-6-4-16-31(18-23)25(33)9-8-21-10-13-29-14-11-21/h3,5,7,17,20-21,23,29-30H,4,6,8-16,18-19H2,1-2H3,(H,34,35)/t23-/m1/s1. The molecule has 3 N–H and O–H groups in total. The second-order valence-electron chi connectivity index (χ2n) is 10.7. The van der Waals surface area contributed by atoms with Crippen molar-refractivity contribution in [2.45, 2.75) is 58.8 Å². The summed E-state index contributed by atoms with van der Waals surface area (Å²) in [6.07, 6.45) is 4.46. The Morgan fingerprint density at radius 2 is 1.92 bits per heavy atom. The third kappa shape index (κ3) is 9.09. The van der Waals surface area contributed by atoms with Gasteiger partial charge in [0.05, 0.1) is 18.9 Å². The second-order valence-corrected chi connectivity index (χ2v) is 10.7. The zero-order valence-corrected chi connectivity index (χ0v) is 22.6. The minimum atomic E-state index is -1.04. The average Bonchev–Trinajstić information content (AvgIpc) is 2.93. The number of hydrogen-bond donors (Lipinski definition) is 3. The molecule has 1 aromatic carbocycles. The number of aliphatic carboxylic acids is 1. The molecule has 2 fully saturated rings. The molecule has 0 unspecified atom stereocenters. The molecule has 3 amide bonds. The molecular weight excluding hydrogens is 488 g/mol. The number of carboxylic acids is 1. The van der Waals surface area contributed by atoms with Crippen LogP contribution in [0.25, 0.3) is 0 Å². The quantitative estimate of drug-likeness (QED) is 0.278. The number of ether oxygens (including phenoxy) is 1. The van der Waals surface area contributed by atoms with Gasteiger partial charge >= 0.3 is 5.97 Å². The number of hydrogen-bond acceptors (Lipinski definition) is 7. The van der Waals surface area contributed by atoms with Crippen LogP contribution in [0, 0.1) is 17.8 Å². The van der Waals surface area contributed by atoms with Crippen LogP contribution in [0.4, 0.5) is 0 Å². The van der Waals surface area contributed by atoms with Gasteiger partial charge < -0.3 is 20.1 Å². The summed E-state index contributed by atoms with van der Waals surface area (Å²) in [6, 6.07) is 6.62. The van der Waals surface area contributed by atoms with Crippen LogP contribution in [0.1, 0.15) is 69.2 Å². The van der Waals surface area contributed by atoms with E-state index in [0.29, 0.717) is 50.0 Å². The average molecular weight is 531 g/mol. The number of amides is 3. The van der Waals surface area contributed by atoms with E-state index in [4.69, 9.17) is 9.84 Å². The van der Waals surface area contributed by atoms with Crippen LogP contribution in [0.3, 0.4) is 0 Å². The van der Waals surface area contributed by atoms with Gasteiger partial charge in [0.1, 0.15) is 5.75 Å². The number of benzene rings is 1. The van der Waals surface area contributed by atoms with Crippen molar-refractivity contribution in [1.82, 2.24) is 20.7 Å². The Hall–Kier alpha value is -2.98. The lowest BCUT2D eigenvalue weighted by Crippen LogP contribution is -2.53. The first-order valence-electron chi connectivity index (χ1n) is 13.8. The highest BCUT2D eigenvalue weighted by atomic mass is 16.5. The highest BCUT2D eigenvalue weighted by molar-refractivity contribution is 6.05. The van der Waals surface area contributed by atoms with Crippen LogP contribution in [0.15, 0.2) is 24.3 Å². The molecule has 0 saturated carbocycles. The smallest absolute Gasteiger partial charge is 0.304 e. The van der Waals surface area contributed by atoms with Gasteiger partial charge in [-0.1, -0.05) is 19.9 Å². The fourth-order valence-electron chi connectivity index (χ4n) is 4.88. The SMILES string of the molecule is CC(C)COc1cccc(C(=O)N(NCCC(=O)O)C(=O)[C@@H]2CCCN(C(=O)CCC3CCNCC3)C2)c1. The normalized spacial score (nSPS) is 18.3. The minimum absolute atomic E-state index is 0.0488. The van der Waals surface area contributed by atoms with Crippen molar-refractivity contribution in [2.24, 2.45) is 17.8 Å². The van der Waals surface area contributed by atoms with E-state index >= 15 is 0 Å². The van der Waals surface area contributed by atoms with E-state index in [2.05, 4.69) is 10.7 Å². The summed E-state index contributed by atoms with van der Waals surface area (Å²) in [6.45, 7) is 7.29. The number of carbonyl (C=O) groups excluding carboxylic acids is 3. The number of rotatable bonds is 12. The number of likely N-dealkylation sites (tertiary alicyclic amines) is 1. The molecule has 210 valence electrons. The third-order valence-corrected chi connectivity index (χ3v) is 7.05. The molecule has 2 saturated heterocycles. The first-order valence-corrected chi connectivity index (χ1v) is 13.8. The van der Waals surface area contributed by atoms with Crippen molar-refractivity contribution in [3.63, 3.8) is 0 Å². The van der Waals surface area contributed by atoms with Crippen molar-refractivity contribution >= 4 is 23.7 Å². The molecule has 10 nitrogen and oxygen atoms in total. The van der Waals surface area contributed by atoms with Gasteiger partial charge in [0, 0.05) is 31.6 Å². The van der Waals surface area contributed by atoms with Gasteiger partial charge in [0.2, 0.25) is 11.8 Å². The van der Waals surface area contributed by atoms with E-state index < -0.39 is 23.7 Å². The molecule has 0 bridgehead atoms. The van der Waals surface area contributed by atoms with E-state index in [1.54, 1.807) is 29.2 Å². The van der Waals surface area contributed by atoms with Crippen molar-refractivity contribution in [3.8, 4) is 5.75 Å². The molecule has 0 spiro atoms. The molecule has 1 aromatic rings. The summed E-state index contributed by atoms with van der Waals surface area (Å²) in [7, 11) is 0. The van der Waals surface area contributed by atoms with Crippen LogP contribution in [0.2, 0.25) is 0 Å². The summed E-state index contributed by atoms with van der Waals surface area (Å²) in [5.74, 6) is -1.19. The second kappa shape index (κ2) is 14.8. The summed E-state index contributed by atoms with van der Waals surface area (Å²) in [4.78, 5) is 52.8. The van der Waals surface area contributed by atoms with Crippen LogP contribution in [-0.2, 0) is 14.4 Å². The number of carbonyl (C=O) groups is 4. The summed E-state index contributed by atoms with van der Waals surface area (Å²) in [5.41, 5.74) is 2.99. The van der Waals surface area contributed by atoms with E-state index in [1.165, 1.54) is 0 Å². The highest BCUT2D eigenvalue weighted by Crippen LogP contribution is 2.23. The lowest BCUT2D eigenvalue weighted by Gasteiger charge is -2.35. The van der Waals surface area contributed by atoms with Crippen LogP contribution in [0.5, 0.6) is 5.75 Å². The molecule has 2 aliphatic rings. The molecule has 2 aliphatic heterocycles.